The molecule has 1 N–H and O–H groups in total. The van der Waals surface area contributed by atoms with Crippen LogP contribution >= 0.6 is 23.1 Å². The van der Waals surface area contributed by atoms with Gasteiger partial charge in [-0.2, -0.15) is 0 Å². The second-order valence-electron chi connectivity index (χ2n) is 6.20. The first kappa shape index (κ1) is 16.6. The van der Waals surface area contributed by atoms with Gasteiger partial charge in [0.25, 0.3) is 5.91 Å². The van der Waals surface area contributed by atoms with Gasteiger partial charge in [0.1, 0.15) is 0 Å². The van der Waals surface area contributed by atoms with Crippen molar-refractivity contribution in [3.8, 4) is 0 Å². The zero-order chi connectivity index (χ0) is 17.2. The highest BCUT2D eigenvalue weighted by atomic mass is 32.2. The molecule has 130 valence electrons. The van der Waals surface area contributed by atoms with E-state index in [-0.39, 0.29) is 11.8 Å². The van der Waals surface area contributed by atoms with Crippen molar-refractivity contribution in [1.29, 1.82) is 0 Å². The molecule has 2 aliphatic rings. The summed E-state index contributed by atoms with van der Waals surface area (Å²) in [5.74, 6) is 0.472. The van der Waals surface area contributed by atoms with Gasteiger partial charge in [-0.15, -0.1) is 23.1 Å². The van der Waals surface area contributed by atoms with E-state index in [1.807, 2.05) is 17.0 Å². The van der Waals surface area contributed by atoms with Crippen molar-refractivity contribution in [2.75, 3.05) is 37.2 Å². The molecule has 1 aromatic carbocycles. The average molecular weight is 374 g/mol. The molecule has 2 aromatic rings. The molecular weight excluding hydrogens is 354 g/mol. The molecule has 5 nitrogen and oxygen atoms in total. The molecule has 3 heterocycles. The maximum atomic E-state index is 12.8. The van der Waals surface area contributed by atoms with Gasteiger partial charge in [-0.05, 0) is 29.6 Å². The number of anilines is 1. The number of hydrogen-bond donors (Lipinski definition) is 1. The third kappa shape index (κ3) is 3.73. The normalized spacial score (nSPS) is 17.9. The number of hydrogen-bond acceptors (Lipinski definition) is 5. The lowest BCUT2D eigenvalue weighted by Crippen LogP contribution is -2.48. The smallest absolute Gasteiger partial charge is 0.254 e. The van der Waals surface area contributed by atoms with E-state index in [1.165, 1.54) is 16.6 Å². The Kier molecular flexibility index (Phi) is 4.78. The SMILES string of the molecule is O=C1CSc2ccc(C(=O)N3CCN(Cc4cccs4)CC3)cc2N1. The number of rotatable bonds is 3. The van der Waals surface area contributed by atoms with Crippen molar-refractivity contribution in [3.05, 3.63) is 46.2 Å². The fraction of sp³-hybridized carbons (Fsp3) is 0.333. The molecule has 2 aliphatic heterocycles. The van der Waals surface area contributed by atoms with E-state index >= 15 is 0 Å². The fourth-order valence-electron chi connectivity index (χ4n) is 3.13. The molecule has 0 spiro atoms. The number of nitrogens with one attached hydrogen (secondary N) is 1. The van der Waals surface area contributed by atoms with Gasteiger partial charge in [0.15, 0.2) is 0 Å². The first-order chi connectivity index (χ1) is 12.2. The molecule has 0 unspecified atom stereocenters. The van der Waals surface area contributed by atoms with Gasteiger partial charge in [0.2, 0.25) is 5.91 Å². The van der Waals surface area contributed by atoms with Crippen molar-refractivity contribution in [2.45, 2.75) is 11.4 Å². The largest absolute Gasteiger partial charge is 0.336 e. The summed E-state index contributed by atoms with van der Waals surface area (Å²) >= 11 is 3.29. The van der Waals surface area contributed by atoms with E-state index in [0.29, 0.717) is 11.3 Å². The lowest BCUT2D eigenvalue weighted by molar-refractivity contribution is -0.113. The van der Waals surface area contributed by atoms with Crippen LogP contribution in [0.2, 0.25) is 0 Å². The molecule has 1 fully saturated rings. The minimum Gasteiger partial charge on any atom is -0.336 e. The predicted octanol–water partition coefficient (Wildman–Crippen LogP) is 2.75. The van der Waals surface area contributed by atoms with Crippen molar-refractivity contribution < 1.29 is 9.59 Å². The van der Waals surface area contributed by atoms with Crippen LogP contribution in [0.3, 0.4) is 0 Å². The zero-order valence-corrected chi connectivity index (χ0v) is 15.4. The van der Waals surface area contributed by atoms with E-state index < -0.39 is 0 Å². The third-order valence-corrected chi connectivity index (χ3v) is 6.41. The second-order valence-corrected chi connectivity index (χ2v) is 8.24. The Hall–Kier alpha value is -1.83. The summed E-state index contributed by atoms with van der Waals surface area (Å²) in [7, 11) is 0. The van der Waals surface area contributed by atoms with Crippen LogP contribution in [0.15, 0.2) is 40.6 Å². The summed E-state index contributed by atoms with van der Waals surface area (Å²) < 4.78 is 0. The standard InChI is InChI=1S/C18H19N3O2S2/c22-17-12-25-16-4-3-13(10-15(16)19-17)18(23)21-7-5-20(6-8-21)11-14-2-1-9-24-14/h1-4,9-10H,5-8,11-12H2,(H,19,22). The third-order valence-electron chi connectivity index (χ3n) is 4.48. The molecule has 2 amide bonds. The number of benzene rings is 1. The summed E-state index contributed by atoms with van der Waals surface area (Å²) in [6, 6.07) is 9.83. The minimum absolute atomic E-state index is 0.00992. The topological polar surface area (TPSA) is 52.7 Å². The van der Waals surface area contributed by atoms with Crippen molar-refractivity contribution >= 4 is 40.6 Å². The highest BCUT2D eigenvalue weighted by Crippen LogP contribution is 2.32. The molecule has 4 rings (SSSR count). The van der Waals surface area contributed by atoms with Gasteiger partial charge in [-0.25, -0.2) is 0 Å². The summed E-state index contributed by atoms with van der Waals surface area (Å²) in [6.45, 7) is 4.22. The molecule has 25 heavy (non-hydrogen) atoms. The van der Waals surface area contributed by atoms with Crippen LogP contribution in [0.5, 0.6) is 0 Å². The zero-order valence-electron chi connectivity index (χ0n) is 13.7. The maximum Gasteiger partial charge on any atom is 0.254 e. The first-order valence-corrected chi connectivity index (χ1v) is 10.2. The van der Waals surface area contributed by atoms with Crippen LogP contribution in [0.25, 0.3) is 0 Å². The summed E-state index contributed by atoms with van der Waals surface area (Å²) in [5.41, 5.74) is 1.40. The van der Waals surface area contributed by atoms with E-state index in [9.17, 15) is 9.59 Å². The Bertz CT molecular complexity index is 784. The number of fused-ring (bicyclic) bond motifs is 1. The molecule has 0 saturated carbocycles. The lowest BCUT2D eigenvalue weighted by atomic mass is 10.1. The molecular formula is C18H19N3O2S2. The van der Waals surface area contributed by atoms with Crippen LogP contribution in [0, 0.1) is 0 Å². The Morgan fingerprint density at radius 2 is 2.00 bits per heavy atom. The van der Waals surface area contributed by atoms with Crippen molar-refractivity contribution in [2.24, 2.45) is 0 Å². The Balaban J connectivity index is 1.39. The summed E-state index contributed by atoms with van der Waals surface area (Å²) in [6.07, 6.45) is 0. The molecule has 0 aliphatic carbocycles. The minimum atomic E-state index is -0.00992. The number of carbonyl (C=O) groups is 2. The van der Waals surface area contributed by atoms with Crippen LogP contribution in [0.4, 0.5) is 5.69 Å². The fourth-order valence-corrected chi connectivity index (χ4v) is 4.67. The van der Waals surface area contributed by atoms with E-state index in [2.05, 4.69) is 27.7 Å². The van der Waals surface area contributed by atoms with Crippen LogP contribution < -0.4 is 5.32 Å². The lowest BCUT2D eigenvalue weighted by Gasteiger charge is -2.34. The van der Waals surface area contributed by atoms with Crippen LogP contribution in [-0.4, -0.2) is 53.5 Å². The Morgan fingerprint density at radius 3 is 2.76 bits per heavy atom. The van der Waals surface area contributed by atoms with Gasteiger partial charge in [-0.1, -0.05) is 6.07 Å². The Morgan fingerprint density at radius 1 is 1.16 bits per heavy atom. The average Bonchev–Trinajstić information content (AvgIpc) is 3.14. The molecule has 0 atom stereocenters. The Labute approximate surface area is 155 Å². The van der Waals surface area contributed by atoms with Gasteiger partial charge in [-0.3, -0.25) is 14.5 Å². The summed E-state index contributed by atoms with van der Waals surface area (Å²) in [5, 5.41) is 4.95. The number of nitrogens with zero attached hydrogens (tertiary/aromatic N) is 2. The van der Waals surface area contributed by atoms with Gasteiger partial charge < -0.3 is 10.2 Å². The molecule has 7 heteroatoms. The first-order valence-electron chi connectivity index (χ1n) is 8.30. The summed E-state index contributed by atoms with van der Waals surface area (Å²) in [4.78, 5) is 31.0. The number of amides is 2. The predicted molar refractivity (Wildman–Crippen MR) is 101 cm³/mol. The van der Waals surface area contributed by atoms with Gasteiger partial charge in [0, 0.05) is 48.1 Å². The van der Waals surface area contributed by atoms with E-state index in [0.717, 1.165) is 43.3 Å². The molecule has 0 bridgehead atoms. The second kappa shape index (κ2) is 7.19. The number of piperazine rings is 1. The molecule has 0 radical (unpaired) electrons. The number of carbonyl (C=O) groups excluding carboxylic acids is 2. The maximum absolute atomic E-state index is 12.8. The molecule has 1 aromatic heterocycles. The van der Waals surface area contributed by atoms with Gasteiger partial charge in [0.05, 0.1) is 11.4 Å². The van der Waals surface area contributed by atoms with Crippen LogP contribution in [0.1, 0.15) is 15.2 Å². The number of thioether (sulfide) groups is 1. The van der Waals surface area contributed by atoms with Crippen LogP contribution in [-0.2, 0) is 11.3 Å². The van der Waals surface area contributed by atoms with E-state index in [4.69, 9.17) is 0 Å². The van der Waals surface area contributed by atoms with E-state index in [1.54, 1.807) is 17.4 Å². The highest BCUT2D eigenvalue weighted by molar-refractivity contribution is 8.00. The monoisotopic (exact) mass is 373 g/mol. The quantitative estimate of drug-likeness (QED) is 0.899. The van der Waals surface area contributed by atoms with Crippen molar-refractivity contribution in [3.63, 3.8) is 0 Å². The van der Waals surface area contributed by atoms with Crippen molar-refractivity contribution in [1.82, 2.24) is 9.80 Å². The highest BCUT2D eigenvalue weighted by Gasteiger charge is 2.24. The van der Waals surface area contributed by atoms with Gasteiger partial charge >= 0.3 is 0 Å². The molecule has 1 saturated heterocycles. The number of thiophene rings is 1.